The summed E-state index contributed by atoms with van der Waals surface area (Å²) in [5, 5.41) is 7.37. The maximum atomic E-state index is 12.6. The molecular formula is C21H23N3O4S. The van der Waals surface area contributed by atoms with E-state index in [1.807, 2.05) is 18.2 Å². The van der Waals surface area contributed by atoms with E-state index in [0.29, 0.717) is 35.9 Å². The number of thiophene rings is 1. The lowest BCUT2D eigenvalue weighted by Crippen LogP contribution is -2.27. The number of hydrogen-bond donors (Lipinski definition) is 1. The molecule has 8 heteroatoms. The van der Waals surface area contributed by atoms with Gasteiger partial charge < -0.3 is 14.8 Å². The second kappa shape index (κ2) is 8.91. The topological polar surface area (TPSA) is 82.5 Å². The number of carbonyl (C=O) groups excluding carboxylic acids is 2. The van der Waals surface area contributed by atoms with Crippen molar-refractivity contribution in [2.75, 3.05) is 20.8 Å². The Hall–Kier alpha value is -3.13. The van der Waals surface area contributed by atoms with Crippen LogP contribution in [-0.4, -0.2) is 42.2 Å². The van der Waals surface area contributed by atoms with Gasteiger partial charge in [0, 0.05) is 24.0 Å². The Morgan fingerprint density at radius 2 is 1.93 bits per heavy atom. The van der Waals surface area contributed by atoms with Crippen LogP contribution in [0.2, 0.25) is 0 Å². The smallest absolute Gasteiger partial charge is 0.269 e. The Kier molecular flexibility index (Phi) is 6.33. The van der Waals surface area contributed by atoms with Crippen molar-refractivity contribution in [3.63, 3.8) is 0 Å². The van der Waals surface area contributed by atoms with E-state index in [-0.39, 0.29) is 11.7 Å². The van der Waals surface area contributed by atoms with Gasteiger partial charge in [0.05, 0.1) is 24.8 Å². The second-order valence-corrected chi connectivity index (χ2v) is 7.60. The molecule has 2 heterocycles. The molecule has 2 aromatic heterocycles. The SMILES string of the molecule is COc1ccc(OC)c(-c2cc(C(=O)NCCc3ccc(C(C)=O)s3)n(C)n2)c1. The van der Waals surface area contributed by atoms with Crippen molar-refractivity contribution in [2.45, 2.75) is 13.3 Å². The molecule has 29 heavy (non-hydrogen) atoms. The molecule has 152 valence electrons. The number of rotatable bonds is 8. The normalized spacial score (nSPS) is 10.6. The van der Waals surface area contributed by atoms with E-state index in [1.165, 1.54) is 11.3 Å². The highest BCUT2D eigenvalue weighted by Crippen LogP contribution is 2.32. The first-order chi connectivity index (χ1) is 13.9. The molecule has 1 amide bonds. The van der Waals surface area contributed by atoms with Crippen molar-refractivity contribution in [3.05, 3.63) is 51.8 Å². The molecule has 0 aliphatic carbocycles. The number of Topliss-reactive ketones (excluding diaryl/α,β-unsaturated/α-hetero) is 1. The van der Waals surface area contributed by atoms with Gasteiger partial charge in [0.1, 0.15) is 17.2 Å². The van der Waals surface area contributed by atoms with Crippen molar-refractivity contribution in [3.8, 4) is 22.8 Å². The lowest BCUT2D eigenvalue weighted by molar-refractivity contribution is 0.0944. The van der Waals surface area contributed by atoms with Gasteiger partial charge in [0.2, 0.25) is 0 Å². The van der Waals surface area contributed by atoms with Crippen LogP contribution in [0.25, 0.3) is 11.3 Å². The molecule has 0 fully saturated rings. The number of hydrogen-bond acceptors (Lipinski definition) is 6. The van der Waals surface area contributed by atoms with E-state index in [0.717, 1.165) is 15.3 Å². The van der Waals surface area contributed by atoms with Gasteiger partial charge in [-0.2, -0.15) is 5.10 Å². The third-order valence-electron chi connectivity index (χ3n) is 4.46. The number of ether oxygens (including phenoxy) is 2. The van der Waals surface area contributed by atoms with Gasteiger partial charge in [-0.15, -0.1) is 11.3 Å². The number of methoxy groups -OCH3 is 2. The summed E-state index contributed by atoms with van der Waals surface area (Å²) in [7, 11) is 4.91. The molecule has 0 aliphatic heterocycles. The van der Waals surface area contributed by atoms with Gasteiger partial charge in [-0.3, -0.25) is 14.3 Å². The molecule has 3 rings (SSSR count). The van der Waals surface area contributed by atoms with Crippen LogP contribution in [0.3, 0.4) is 0 Å². The molecule has 0 unspecified atom stereocenters. The first-order valence-electron chi connectivity index (χ1n) is 9.07. The molecule has 1 aromatic carbocycles. The van der Waals surface area contributed by atoms with Gasteiger partial charge in [0.25, 0.3) is 5.91 Å². The summed E-state index contributed by atoms with van der Waals surface area (Å²) in [6.07, 6.45) is 0.665. The van der Waals surface area contributed by atoms with E-state index >= 15 is 0 Å². The molecule has 0 radical (unpaired) electrons. The number of carbonyl (C=O) groups is 2. The number of aryl methyl sites for hydroxylation is 1. The predicted octanol–water partition coefficient (Wildman–Crippen LogP) is 3.34. The third-order valence-corrected chi connectivity index (χ3v) is 5.71. The van der Waals surface area contributed by atoms with Crippen LogP contribution in [0.1, 0.15) is 32.0 Å². The zero-order valence-corrected chi connectivity index (χ0v) is 17.6. The Morgan fingerprint density at radius 3 is 2.59 bits per heavy atom. The van der Waals surface area contributed by atoms with Crippen molar-refractivity contribution >= 4 is 23.0 Å². The standard InChI is InChI=1S/C21H23N3O4S/c1-13(25)20-8-6-15(29-20)9-10-22-21(26)18-12-17(23-24(18)2)16-11-14(27-3)5-7-19(16)28-4/h5-8,11-12H,9-10H2,1-4H3,(H,22,26). The Morgan fingerprint density at radius 1 is 1.14 bits per heavy atom. The minimum atomic E-state index is -0.212. The highest BCUT2D eigenvalue weighted by molar-refractivity contribution is 7.14. The number of nitrogens with zero attached hydrogens (tertiary/aromatic N) is 2. The first-order valence-corrected chi connectivity index (χ1v) is 9.89. The maximum Gasteiger partial charge on any atom is 0.269 e. The van der Waals surface area contributed by atoms with Gasteiger partial charge in [-0.1, -0.05) is 0 Å². The number of aromatic nitrogens is 2. The zero-order chi connectivity index (χ0) is 21.0. The van der Waals surface area contributed by atoms with Gasteiger partial charge in [-0.25, -0.2) is 0 Å². The van der Waals surface area contributed by atoms with E-state index in [1.54, 1.807) is 51.1 Å². The number of benzene rings is 1. The third kappa shape index (κ3) is 4.65. The van der Waals surface area contributed by atoms with Crippen LogP contribution in [0.4, 0.5) is 0 Å². The maximum absolute atomic E-state index is 12.6. The molecule has 0 bridgehead atoms. The first kappa shape index (κ1) is 20.6. The largest absolute Gasteiger partial charge is 0.497 e. The molecule has 0 saturated heterocycles. The van der Waals surface area contributed by atoms with Crippen molar-refractivity contribution in [1.29, 1.82) is 0 Å². The zero-order valence-electron chi connectivity index (χ0n) is 16.8. The molecule has 0 aliphatic rings. The monoisotopic (exact) mass is 413 g/mol. The van der Waals surface area contributed by atoms with Crippen molar-refractivity contribution < 1.29 is 19.1 Å². The van der Waals surface area contributed by atoms with E-state index < -0.39 is 0 Å². The predicted molar refractivity (Wildman–Crippen MR) is 112 cm³/mol. The summed E-state index contributed by atoms with van der Waals surface area (Å²) >= 11 is 1.46. The number of amides is 1. The highest BCUT2D eigenvalue weighted by Gasteiger charge is 2.17. The summed E-state index contributed by atoms with van der Waals surface area (Å²) in [6.45, 7) is 2.02. The van der Waals surface area contributed by atoms with Crippen LogP contribution in [-0.2, 0) is 13.5 Å². The molecule has 0 atom stereocenters. The fraction of sp³-hybridized carbons (Fsp3) is 0.286. The average Bonchev–Trinajstić information content (AvgIpc) is 3.34. The minimum Gasteiger partial charge on any atom is -0.497 e. The van der Waals surface area contributed by atoms with Crippen molar-refractivity contribution in [2.24, 2.45) is 7.05 Å². The lowest BCUT2D eigenvalue weighted by Gasteiger charge is -2.08. The minimum absolute atomic E-state index is 0.0562. The van der Waals surface area contributed by atoms with E-state index in [4.69, 9.17) is 9.47 Å². The number of nitrogens with one attached hydrogen (secondary N) is 1. The molecular weight excluding hydrogens is 390 g/mol. The summed E-state index contributed by atoms with van der Waals surface area (Å²) in [6, 6.07) is 10.9. The average molecular weight is 413 g/mol. The van der Waals surface area contributed by atoms with Crippen molar-refractivity contribution in [1.82, 2.24) is 15.1 Å². The quantitative estimate of drug-likeness (QED) is 0.573. The molecule has 0 saturated carbocycles. The Labute approximate surface area is 173 Å². The van der Waals surface area contributed by atoms with Crippen LogP contribution < -0.4 is 14.8 Å². The van der Waals surface area contributed by atoms with Gasteiger partial charge in [0.15, 0.2) is 5.78 Å². The van der Waals surface area contributed by atoms with Crippen LogP contribution >= 0.6 is 11.3 Å². The van der Waals surface area contributed by atoms with Crippen LogP contribution in [0.5, 0.6) is 11.5 Å². The Bertz CT molecular complexity index is 1040. The second-order valence-electron chi connectivity index (χ2n) is 6.43. The molecule has 3 aromatic rings. The van der Waals surface area contributed by atoms with Gasteiger partial charge in [-0.05, 0) is 49.7 Å². The molecule has 7 nitrogen and oxygen atoms in total. The number of ketones is 1. The fourth-order valence-electron chi connectivity index (χ4n) is 2.92. The molecule has 1 N–H and O–H groups in total. The van der Waals surface area contributed by atoms with E-state index in [2.05, 4.69) is 10.4 Å². The Balaban J connectivity index is 1.71. The summed E-state index contributed by atoms with van der Waals surface area (Å²) in [5.74, 6) is 1.17. The summed E-state index contributed by atoms with van der Waals surface area (Å²) in [4.78, 5) is 25.8. The van der Waals surface area contributed by atoms with Crippen LogP contribution in [0, 0.1) is 0 Å². The lowest BCUT2D eigenvalue weighted by atomic mass is 10.1. The fourth-order valence-corrected chi connectivity index (χ4v) is 3.82. The molecule has 0 spiro atoms. The van der Waals surface area contributed by atoms with Crippen LogP contribution in [0.15, 0.2) is 36.4 Å². The summed E-state index contributed by atoms with van der Waals surface area (Å²) in [5.41, 5.74) is 1.81. The van der Waals surface area contributed by atoms with Gasteiger partial charge >= 0.3 is 0 Å². The summed E-state index contributed by atoms with van der Waals surface area (Å²) < 4.78 is 12.2. The highest BCUT2D eigenvalue weighted by atomic mass is 32.1. The van der Waals surface area contributed by atoms with E-state index in [9.17, 15) is 9.59 Å².